The molecule has 12 heavy (non-hydrogen) atoms. The number of phenolic OH excluding ortho intramolecular Hbond substituents is 1. The lowest BCUT2D eigenvalue weighted by Gasteiger charge is -2.05. The highest BCUT2D eigenvalue weighted by Crippen LogP contribution is 2.28. The van der Waals surface area contributed by atoms with Gasteiger partial charge in [-0.3, -0.25) is 4.79 Å². The molecule has 0 radical (unpaired) electrons. The molecule has 0 saturated heterocycles. The van der Waals surface area contributed by atoms with E-state index in [1.54, 1.807) is 13.0 Å². The summed E-state index contributed by atoms with van der Waals surface area (Å²) in [7, 11) is 0. The lowest BCUT2D eigenvalue weighted by Crippen LogP contribution is -1.95. The molecule has 64 valence electrons. The molecule has 0 saturated carbocycles. The van der Waals surface area contributed by atoms with Gasteiger partial charge in [0.15, 0.2) is 5.78 Å². The SMILES string of the molecule is CC(=O)c1c(O)ccc(C)c1Cl. The van der Waals surface area contributed by atoms with Crippen LogP contribution in [0.3, 0.4) is 0 Å². The second kappa shape index (κ2) is 3.15. The molecule has 0 aliphatic rings. The molecule has 0 unspecified atom stereocenters. The minimum atomic E-state index is -0.221. The summed E-state index contributed by atoms with van der Waals surface area (Å²) in [5.41, 5.74) is 0.997. The van der Waals surface area contributed by atoms with Crippen LogP contribution in [-0.2, 0) is 0 Å². The monoisotopic (exact) mass is 184 g/mol. The second-order valence-corrected chi connectivity index (χ2v) is 3.02. The summed E-state index contributed by atoms with van der Waals surface area (Å²) >= 11 is 5.81. The number of hydrogen-bond acceptors (Lipinski definition) is 2. The number of hydrogen-bond donors (Lipinski definition) is 1. The molecule has 0 heterocycles. The van der Waals surface area contributed by atoms with Gasteiger partial charge in [-0.25, -0.2) is 0 Å². The fourth-order valence-corrected chi connectivity index (χ4v) is 1.30. The van der Waals surface area contributed by atoms with Crippen molar-refractivity contribution >= 4 is 17.4 Å². The third-order valence-corrected chi connectivity index (χ3v) is 2.15. The standard InChI is InChI=1S/C9H9ClO2/c1-5-3-4-7(12)8(6(2)11)9(5)10/h3-4,12H,1-2H3. The number of halogens is 1. The summed E-state index contributed by atoms with van der Waals surface area (Å²) in [6.45, 7) is 3.16. The zero-order valence-electron chi connectivity index (χ0n) is 6.89. The molecule has 0 aliphatic heterocycles. The number of rotatable bonds is 1. The molecule has 0 fully saturated rings. The van der Waals surface area contributed by atoms with Crippen molar-refractivity contribution in [1.29, 1.82) is 0 Å². The molecule has 1 aromatic rings. The van der Waals surface area contributed by atoms with E-state index in [9.17, 15) is 9.90 Å². The number of aryl methyl sites for hydroxylation is 1. The van der Waals surface area contributed by atoms with E-state index in [2.05, 4.69) is 0 Å². The van der Waals surface area contributed by atoms with E-state index in [4.69, 9.17) is 11.6 Å². The summed E-state index contributed by atoms with van der Waals surface area (Å²) in [4.78, 5) is 11.0. The van der Waals surface area contributed by atoms with Gasteiger partial charge in [-0.1, -0.05) is 17.7 Å². The van der Waals surface area contributed by atoms with E-state index in [-0.39, 0.29) is 17.1 Å². The number of carbonyl (C=O) groups excluding carboxylic acids is 1. The minimum absolute atomic E-state index is 0.0573. The second-order valence-electron chi connectivity index (χ2n) is 2.65. The Morgan fingerprint density at radius 1 is 1.50 bits per heavy atom. The topological polar surface area (TPSA) is 37.3 Å². The van der Waals surface area contributed by atoms with Crippen LogP contribution in [0.5, 0.6) is 5.75 Å². The van der Waals surface area contributed by atoms with Gasteiger partial charge in [0, 0.05) is 0 Å². The maximum absolute atomic E-state index is 11.0. The zero-order chi connectivity index (χ0) is 9.30. The third kappa shape index (κ3) is 1.43. The zero-order valence-corrected chi connectivity index (χ0v) is 7.64. The lowest BCUT2D eigenvalue weighted by molar-refractivity contribution is 0.101. The molecule has 0 bridgehead atoms. The Morgan fingerprint density at radius 3 is 2.50 bits per heavy atom. The molecule has 0 spiro atoms. The molecule has 2 nitrogen and oxygen atoms in total. The van der Waals surface area contributed by atoms with Gasteiger partial charge >= 0.3 is 0 Å². The Hall–Kier alpha value is -1.02. The summed E-state index contributed by atoms with van der Waals surface area (Å²) in [6, 6.07) is 3.14. The van der Waals surface area contributed by atoms with Gasteiger partial charge in [-0.15, -0.1) is 0 Å². The predicted molar refractivity (Wildman–Crippen MR) is 47.9 cm³/mol. The Bertz CT molecular complexity index is 332. The van der Waals surface area contributed by atoms with Gasteiger partial charge in [0.05, 0.1) is 10.6 Å². The average Bonchev–Trinajstić information content (AvgIpc) is 1.97. The van der Waals surface area contributed by atoms with Crippen LogP contribution in [-0.4, -0.2) is 10.9 Å². The van der Waals surface area contributed by atoms with E-state index in [1.165, 1.54) is 13.0 Å². The van der Waals surface area contributed by atoms with Gasteiger partial charge < -0.3 is 5.11 Å². The van der Waals surface area contributed by atoms with Crippen LogP contribution >= 0.6 is 11.6 Å². The van der Waals surface area contributed by atoms with Crippen LogP contribution in [0.1, 0.15) is 22.8 Å². The molecular weight excluding hydrogens is 176 g/mol. The molecule has 0 amide bonds. The molecule has 0 aliphatic carbocycles. The van der Waals surface area contributed by atoms with Crippen LogP contribution in [0.4, 0.5) is 0 Å². The summed E-state index contributed by atoms with van der Waals surface area (Å²) < 4.78 is 0. The number of benzene rings is 1. The first-order valence-corrected chi connectivity index (χ1v) is 3.91. The highest BCUT2D eigenvalue weighted by molar-refractivity contribution is 6.35. The fourth-order valence-electron chi connectivity index (χ4n) is 1.00. The smallest absolute Gasteiger partial charge is 0.165 e. The maximum atomic E-state index is 11.0. The van der Waals surface area contributed by atoms with Crippen LogP contribution in [0.2, 0.25) is 5.02 Å². The molecule has 1 rings (SSSR count). The molecule has 1 N–H and O–H groups in total. The Morgan fingerprint density at radius 2 is 2.08 bits per heavy atom. The van der Waals surface area contributed by atoms with Crippen molar-refractivity contribution in [1.82, 2.24) is 0 Å². The van der Waals surface area contributed by atoms with Crippen molar-refractivity contribution in [3.05, 3.63) is 28.3 Å². The summed E-state index contributed by atoms with van der Waals surface area (Å²) in [5, 5.41) is 9.62. The Balaban J connectivity index is 3.43. The summed E-state index contributed by atoms with van der Waals surface area (Å²) in [6.07, 6.45) is 0. The van der Waals surface area contributed by atoms with Gasteiger partial charge in [-0.2, -0.15) is 0 Å². The molecular formula is C9H9ClO2. The number of aromatic hydroxyl groups is 1. The van der Waals surface area contributed by atoms with Gasteiger partial charge in [0.25, 0.3) is 0 Å². The quantitative estimate of drug-likeness (QED) is 0.682. The lowest BCUT2D eigenvalue weighted by atomic mass is 10.1. The molecule has 0 aromatic heterocycles. The highest BCUT2D eigenvalue weighted by atomic mass is 35.5. The number of phenols is 1. The normalized spacial score (nSPS) is 9.92. The molecule has 1 aromatic carbocycles. The fraction of sp³-hybridized carbons (Fsp3) is 0.222. The maximum Gasteiger partial charge on any atom is 0.165 e. The van der Waals surface area contributed by atoms with Crippen LogP contribution in [0.15, 0.2) is 12.1 Å². The average molecular weight is 185 g/mol. The van der Waals surface area contributed by atoms with E-state index in [0.29, 0.717) is 5.02 Å². The van der Waals surface area contributed by atoms with Crippen molar-refractivity contribution in [2.24, 2.45) is 0 Å². The van der Waals surface area contributed by atoms with Gasteiger partial charge in [-0.05, 0) is 25.5 Å². The molecule has 0 atom stereocenters. The van der Waals surface area contributed by atoms with Crippen molar-refractivity contribution in [3.63, 3.8) is 0 Å². The highest BCUT2D eigenvalue weighted by Gasteiger charge is 2.12. The number of Topliss-reactive ketones (excluding diaryl/α,β-unsaturated/α-hetero) is 1. The summed E-state index contributed by atoms with van der Waals surface area (Å²) in [5.74, 6) is -0.278. The number of ketones is 1. The van der Waals surface area contributed by atoms with E-state index in [0.717, 1.165) is 5.56 Å². The van der Waals surface area contributed by atoms with Crippen LogP contribution in [0.25, 0.3) is 0 Å². The molecule has 3 heteroatoms. The minimum Gasteiger partial charge on any atom is -0.507 e. The predicted octanol–water partition coefficient (Wildman–Crippen LogP) is 2.56. The van der Waals surface area contributed by atoms with E-state index >= 15 is 0 Å². The third-order valence-electron chi connectivity index (χ3n) is 1.67. The first-order chi connectivity index (χ1) is 5.54. The first kappa shape index (κ1) is 9.07. The number of carbonyl (C=O) groups is 1. The van der Waals surface area contributed by atoms with Crippen molar-refractivity contribution in [3.8, 4) is 5.75 Å². The van der Waals surface area contributed by atoms with E-state index < -0.39 is 0 Å². The van der Waals surface area contributed by atoms with Crippen molar-refractivity contribution in [2.75, 3.05) is 0 Å². The van der Waals surface area contributed by atoms with Gasteiger partial charge in [0.2, 0.25) is 0 Å². The van der Waals surface area contributed by atoms with Crippen molar-refractivity contribution < 1.29 is 9.90 Å². The van der Waals surface area contributed by atoms with Gasteiger partial charge in [0.1, 0.15) is 5.75 Å². The van der Waals surface area contributed by atoms with Crippen molar-refractivity contribution in [2.45, 2.75) is 13.8 Å². The van der Waals surface area contributed by atoms with E-state index in [1.807, 2.05) is 0 Å². The Kier molecular flexibility index (Phi) is 2.38. The largest absolute Gasteiger partial charge is 0.507 e. The van der Waals surface area contributed by atoms with Crippen LogP contribution < -0.4 is 0 Å². The van der Waals surface area contributed by atoms with Crippen LogP contribution in [0, 0.1) is 6.92 Å². The Labute approximate surface area is 75.8 Å². The first-order valence-electron chi connectivity index (χ1n) is 3.53.